The fourth-order valence-electron chi connectivity index (χ4n) is 10.5. The van der Waals surface area contributed by atoms with Gasteiger partial charge in [-0.3, -0.25) is 27.8 Å². The van der Waals surface area contributed by atoms with Gasteiger partial charge in [0.1, 0.15) is 72.4 Å². The predicted molar refractivity (Wildman–Crippen MR) is 372 cm³/mol. The summed E-state index contributed by atoms with van der Waals surface area (Å²) in [6.07, 6.45) is 5.30. The van der Waals surface area contributed by atoms with Crippen molar-refractivity contribution < 1.29 is 92.6 Å². The van der Waals surface area contributed by atoms with Crippen molar-refractivity contribution in [2.45, 2.75) is 89.5 Å². The molecule has 107 heavy (non-hydrogen) atoms. The summed E-state index contributed by atoms with van der Waals surface area (Å²) in [4.78, 5) is 70.2. The van der Waals surface area contributed by atoms with Crippen molar-refractivity contribution in [2.24, 2.45) is 0 Å². The average Bonchev–Trinajstić information content (AvgIpc) is 1.76. The summed E-state index contributed by atoms with van der Waals surface area (Å²) in [5, 5.41) is 61.3. The van der Waals surface area contributed by atoms with Gasteiger partial charge in [-0.25, -0.2) is 47.1 Å². The SMILES string of the molecule is CNCC(=O)OCc1cccnc1N(C)C(=O)O[C@H](C)[n+]1cnn(C[C@](O)(c2cc(F)ccc2F)[C@@H](C)c2nc(-c3ccc(C#N)cc3)cs2)c1.CNCC(=O)OCc1cccnc1N(C)C(=O)O[C@H](C)[n+]1cnn(C[C@](O)(c2cc(F)ccc2F)[C@@H](C)c2nc(-c3ccc(C#N)cc3)cs2)c1.O=S(=O)([O-])[O-]. The lowest BCUT2D eigenvalue weighted by molar-refractivity contribution is -0.753. The number of nitrogens with zero attached hydrogens (tertiary/aromatic N) is 14. The van der Waals surface area contributed by atoms with Crippen LogP contribution in [0.25, 0.3) is 22.5 Å². The Labute approximate surface area is 618 Å². The number of halogens is 4. The molecule has 0 fully saturated rings. The summed E-state index contributed by atoms with van der Waals surface area (Å²) in [5.74, 6) is -5.28. The highest BCUT2D eigenvalue weighted by molar-refractivity contribution is 7.79. The Balaban J connectivity index is 0.000000254. The first kappa shape index (κ1) is 81.3. The Bertz CT molecular complexity index is 4660. The molecule has 2 amide bonds. The van der Waals surface area contributed by atoms with Gasteiger partial charge in [-0.2, -0.15) is 19.7 Å². The van der Waals surface area contributed by atoms with Crippen molar-refractivity contribution in [1.82, 2.24) is 50.1 Å². The Hall–Kier alpha value is -11.4. The number of benzene rings is 4. The maximum absolute atomic E-state index is 15.3. The molecule has 10 rings (SSSR count). The zero-order valence-electron chi connectivity index (χ0n) is 58.4. The Kier molecular flexibility index (Phi) is 27.8. The van der Waals surface area contributed by atoms with Crippen LogP contribution in [0.2, 0.25) is 0 Å². The van der Waals surface area contributed by atoms with Gasteiger partial charge in [0, 0.05) is 117 Å². The number of amides is 2. The summed E-state index contributed by atoms with van der Waals surface area (Å²) in [7, 11) is 0.995. The van der Waals surface area contributed by atoms with Crippen molar-refractivity contribution in [3.8, 4) is 34.7 Å². The highest BCUT2D eigenvalue weighted by atomic mass is 32.3. The number of rotatable bonds is 26. The van der Waals surface area contributed by atoms with Crippen LogP contribution in [0.4, 0.5) is 38.8 Å². The van der Waals surface area contributed by atoms with Gasteiger partial charge in [-0.1, -0.05) is 50.2 Å². The minimum Gasteiger partial charge on any atom is -0.759 e. The van der Waals surface area contributed by atoms with E-state index in [1.54, 1.807) is 125 Å². The van der Waals surface area contributed by atoms with E-state index in [2.05, 4.69) is 42.9 Å². The molecule has 10 aromatic rings. The lowest BCUT2D eigenvalue weighted by Crippen LogP contribution is -2.42. The van der Waals surface area contributed by atoms with Gasteiger partial charge >= 0.3 is 24.1 Å². The zero-order valence-corrected chi connectivity index (χ0v) is 60.8. The van der Waals surface area contributed by atoms with Crippen molar-refractivity contribution in [3.63, 3.8) is 0 Å². The number of ether oxygens (including phenoxy) is 4. The zero-order chi connectivity index (χ0) is 77.9. The lowest BCUT2D eigenvalue weighted by atomic mass is 9.82. The third-order valence-corrected chi connectivity index (χ3v) is 18.4. The molecule has 0 saturated carbocycles. The van der Waals surface area contributed by atoms with Crippen molar-refractivity contribution in [2.75, 3.05) is 51.1 Å². The van der Waals surface area contributed by atoms with Crippen LogP contribution in [0.1, 0.15) is 95.4 Å². The van der Waals surface area contributed by atoms with Crippen LogP contribution in [-0.2, 0) is 76.4 Å². The fourth-order valence-corrected chi connectivity index (χ4v) is 12.4. The van der Waals surface area contributed by atoms with Gasteiger partial charge in [0.25, 0.3) is 12.7 Å². The molecule has 6 heterocycles. The van der Waals surface area contributed by atoms with Crippen LogP contribution in [0.3, 0.4) is 0 Å². The first-order valence-corrected chi connectivity index (χ1v) is 35.1. The fraction of sp³-hybridized carbons (Fsp3) is 0.286. The Morgan fingerprint density at radius 2 is 0.981 bits per heavy atom. The van der Waals surface area contributed by atoms with Gasteiger partial charge < -0.3 is 48.9 Å². The van der Waals surface area contributed by atoms with Gasteiger partial charge in [0.05, 0.1) is 57.8 Å². The number of hydrogen-bond donors (Lipinski definition) is 4. The molecule has 0 spiro atoms. The number of anilines is 2. The Morgan fingerprint density at radius 3 is 1.33 bits per heavy atom. The van der Waals surface area contributed by atoms with Gasteiger partial charge in [0.15, 0.2) is 0 Å². The number of thiazole rings is 2. The summed E-state index contributed by atoms with van der Waals surface area (Å²) >= 11 is 2.50. The van der Waals surface area contributed by atoms with Gasteiger partial charge in [-0.05, 0) is 86.9 Å². The number of aromatic nitrogens is 10. The van der Waals surface area contributed by atoms with Crippen LogP contribution in [-0.4, -0.2) is 133 Å². The van der Waals surface area contributed by atoms with Crippen LogP contribution >= 0.6 is 22.7 Å². The van der Waals surface area contributed by atoms with Crippen LogP contribution in [0, 0.1) is 45.9 Å². The summed E-state index contributed by atoms with van der Waals surface area (Å²) < 4.78 is 121. The van der Waals surface area contributed by atoms with E-state index in [1.807, 2.05) is 0 Å². The minimum absolute atomic E-state index is 0.0229. The maximum atomic E-state index is 15.3. The Morgan fingerprint density at radius 1 is 0.617 bits per heavy atom. The molecular weight excluding hydrogens is 1460 g/mol. The number of esters is 2. The number of carbonyl (C=O) groups is 4. The second-order valence-electron chi connectivity index (χ2n) is 23.7. The van der Waals surface area contributed by atoms with Crippen molar-refractivity contribution in [1.29, 1.82) is 10.5 Å². The monoisotopic (exact) mass is 1530 g/mol. The number of nitrogens with one attached hydrogen (secondary N) is 2. The number of aliphatic hydroxyl groups is 2. The normalized spacial score (nSPS) is 13.4. The molecular formula is C70H70F4N16O14S3. The van der Waals surface area contributed by atoms with E-state index in [4.69, 9.17) is 57.0 Å². The first-order chi connectivity index (χ1) is 50.9. The average molecular weight is 1530 g/mol. The highest BCUT2D eigenvalue weighted by Gasteiger charge is 2.45. The second kappa shape index (κ2) is 36.5. The maximum Gasteiger partial charge on any atom is 0.418 e. The van der Waals surface area contributed by atoms with Gasteiger partial charge in [0.2, 0.25) is 25.1 Å². The molecule has 30 nitrogen and oxygen atoms in total. The molecule has 0 aliphatic carbocycles. The quantitative estimate of drug-likeness (QED) is 0.0100. The summed E-state index contributed by atoms with van der Waals surface area (Å²) in [6, 6.07) is 30.2. The van der Waals surface area contributed by atoms with E-state index >= 15 is 8.78 Å². The number of nitriles is 2. The third-order valence-electron chi connectivity index (χ3n) is 16.4. The lowest BCUT2D eigenvalue weighted by Gasteiger charge is -2.32. The molecule has 0 radical (unpaired) electrons. The van der Waals surface area contributed by atoms with Crippen LogP contribution in [0.15, 0.2) is 158 Å². The molecule has 560 valence electrons. The second-order valence-corrected chi connectivity index (χ2v) is 26.3. The van der Waals surface area contributed by atoms with E-state index < -0.39 is 93.3 Å². The standard InChI is InChI=1S/2C35H35F2N8O5S.H2O4S/c2*1-22(33-42-30(18-51-33)25-9-7-24(15-38)8-10-25)35(48,28-14-27(36)11-12-29(28)37)19-45-21-44(20-41-45)23(2)50-34(47)43(4)32-26(6-5-13-40-32)17-49-31(46)16-39-3;1-5(2,3)4/h2*5-14,18,20-23,39,48H,16-17,19H2,1-4H3;(H2,1,2,3,4)/q2*+1;/p-2/t2*22-,23+,35+;/m00./s1. The molecule has 0 unspecified atom stereocenters. The van der Waals surface area contributed by atoms with E-state index in [1.165, 1.54) is 103 Å². The smallest absolute Gasteiger partial charge is 0.418 e. The van der Waals surface area contributed by atoms with E-state index in [0.29, 0.717) is 43.7 Å². The molecule has 0 saturated heterocycles. The topological polar surface area (TPSA) is 399 Å². The van der Waals surface area contributed by atoms with E-state index in [0.717, 1.165) is 47.5 Å². The number of carbonyl (C=O) groups excluding carboxylic acids is 4. The molecule has 6 atom stereocenters. The first-order valence-electron chi connectivity index (χ1n) is 32.0. The third kappa shape index (κ3) is 21.4. The predicted octanol–water partition coefficient (Wildman–Crippen LogP) is 7.83. The van der Waals surface area contributed by atoms with Crippen LogP contribution < -0.4 is 29.6 Å². The van der Waals surface area contributed by atoms with Crippen LogP contribution in [0.5, 0.6) is 0 Å². The number of pyridine rings is 2. The van der Waals surface area contributed by atoms with Crippen molar-refractivity contribution in [3.05, 3.63) is 224 Å². The van der Waals surface area contributed by atoms with E-state index in [9.17, 15) is 38.2 Å². The summed E-state index contributed by atoms with van der Waals surface area (Å²) in [6.45, 7) is 5.70. The summed E-state index contributed by atoms with van der Waals surface area (Å²) in [5.41, 5.74) is 0.00150. The molecule has 0 aliphatic heterocycles. The molecule has 6 aromatic heterocycles. The largest absolute Gasteiger partial charge is 0.759 e. The number of likely N-dealkylation sites (N-methyl/N-ethyl adjacent to an activating group) is 2. The minimum atomic E-state index is -5.17. The highest BCUT2D eigenvalue weighted by Crippen LogP contribution is 2.44. The molecule has 0 aliphatic rings. The number of hydrogen-bond acceptors (Lipinski definition) is 26. The molecule has 4 N–H and O–H groups in total. The molecule has 37 heteroatoms. The van der Waals surface area contributed by atoms with Crippen molar-refractivity contribution >= 4 is 68.8 Å². The van der Waals surface area contributed by atoms with E-state index in [-0.39, 0.29) is 62.2 Å². The molecule has 0 bridgehead atoms. The molecule has 4 aromatic carbocycles. The van der Waals surface area contributed by atoms with Gasteiger partial charge in [-0.15, -0.1) is 32.0 Å².